The molecule has 0 unspecified atom stereocenters. The first kappa shape index (κ1) is 19.0. The number of aryl methyl sites for hydroxylation is 2. The van der Waals surface area contributed by atoms with Crippen molar-refractivity contribution in [1.82, 2.24) is 4.98 Å². The lowest BCUT2D eigenvalue weighted by atomic mass is 10.1. The minimum Gasteiger partial charge on any atom is -0.436 e. The third kappa shape index (κ3) is 4.39. The van der Waals surface area contributed by atoms with Crippen LogP contribution in [-0.4, -0.2) is 10.9 Å². The van der Waals surface area contributed by atoms with Crippen LogP contribution < -0.4 is 5.32 Å². The Hall–Kier alpha value is -3.37. The summed E-state index contributed by atoms with van der Waals surface area (Å²) in [6, 6.07) is 18.9. The van der Waals surface area contributed by atoms with Gasteiger partial charge in [-0.2, -0.15) is 0 Å². The standard InChI is InChI=1S/C24H19ClN2O2/c1-15-3-11-22-21(13-15)27-24(29-22)18-8-4-16(2)20(14-18)26-23(28)12-7-17-5-9-19(25)10-6-17/h3-14H,1-2H3,(H,26,28). The predicted molar refractivity (Wildman–Crippen MR) is 118 cm³/mol. The molecule has 0 saturated heterocycles. The monoisotopic (exact) mass is 402 g/mol. The van der Waals surface area contributed by atoms with Crippen LogP contribution in [0.3, 0.4) is 0 Å². The van der Waals surface area contributed by atoms with Crippen molar-refractivity contribution in [1.29, 1.82) is 0 Å². The number of nitrogens with zero attached hydrogens (tertiary/aromatic N) is 1. The van der Waals surface area contributed by atoms with Crippen LogP contribution in [-0.2, 0) is 4.79 Å². The second kappa shape index (κ2) is 7.94. The van der Waals surface area contributed by atoms with Gasteiger partial charge in [-0.3, -0.25) is 4.79 Å². The van der Waals surface area contributed by atoms with Gasteiger partial charge in [0.15, 0.2) is 5.58 Å². The van der Waals surface area contributed by atoms with E-state index in [0.29, 0.717) is 16.6 Å². The molecule has 0 fully saturated rings. The zero-order valence-corrected chi connectivity index (χ0v) is 16.8. The van der Waals surface area contributed by atoms with E-state index in [0.717, 1.165) is 33.4 Å². The molecule has 0 aliphatic carbocycles. The summed E-state index contributed by atoms with van der Waals surface area (Å²) < 4.78 is 5.88. The third-order valence-corrected chi connectivity index (χ3v) is 4.83. The van der Waals surface area contributed by atoms with E-state index in [1.165, 1.54) is 6.08 Å². The van der Waals surface area contributed by atoms with Crippen molar-refractivity contribution in [3.8, 4) is 11.5 Å². The number of carbonyl (C=O) groups excluding carboxylic acids is 1. The van der Waals surface area contributed by atoms with Crippen molar-refractivity contribution < 1.29 is 9.21 Å². The third-order valence-electron chi connectivity index (χ3n) is 4.58. The van der Waals surface area contributed by atoms with E-state index in [1.54, 1.807) is 18.2 Å². The molecule has 1 aromatic heterocycles. The Kier molecular flexibility index (Phi) is 5.19. The van der Waals surface area contributed by atoms with Gasteiger partial charge in [-0.05, 0) is 73.0 Å². The van der Waals surface area contributed by atoms with Gasteiger partial charge in [0.2, 0.25) is 11.8 Å². The minimum absolute atomic E-state index is 0.214. The van der Waals surface area contributed by atoms with E-state index in [9.17, 15) is 4.79 Å². The highest BCUT2D eigenvalue weighted by atomic mass is 35.5. The van der Waals surface area contributed by atoms with Gasteiger partial charge in [-0.15, -0.1) is 0 Å². The van der Waals surface area contributed by atoms with Crippen LogP contribution in [0.2, 0.25) is 5.02 Å². The van der Waals surface area contributed by atoms with Gasteiger partial charge < -0.3 is 9.73 Å². The summed E-state index contributed by atoms with van der Waals surface area (Å²) in [5.74, 6) is 0.311. The Morgan fingerprint density at radius 2 is 1.83 bits per heavy atom. The van der Waals surface area contributed by atoms with Gasteiger partial charge in [-0.25, -0.2) is 4.98 Å². The number of oxazole rings is 1. The molecular formula is C24H19ClN2O2. The number of anilines is 1. The first-order valence-corrected chi connectivity index (χ1v) is 9.58. The van der Waals surface area contributed by atoms with Gasteiger partial charge in [-0.1, -0.05) is 35.9 Å². The largest absolute Gasteiger partial charge is 0.436 e. The Bertz CT molecular complexity index is 1220. The fourth-order valence-electron chi connectivity index (χ4n) is 2.97. The SMILES string of the molecule is Cc1ccc2oc(-c3ccc(C)c(NC(=O)C=Cc4ccc(Cl)cc4)c3)nc2c1. The summed E-state index contributed by atoms with van der Waals surface area (Å²) in [7, 11) is 0. The second-order valence-corrected chi connectivity index (χ2v) is 7.33. The zero-order valence-electron chi connectivity index (χ0n) is 16.1. The van der Waals surface area contributed by atoms with Crippen LogP contribution in [0, 0.1) is 13.8 Å². The smallest absolute Gasteiger partial charge is 0.248 e. The molecule has 0 saturated carbocycles. The van der Waals surface area contributed by atoms with Crippen molar-refractivity contribution in [3.05, 3.63) is 88.5 Å². The molecule has 4 nitrogen and oxygen atoms in total. The van der Waals surface area contributed by atoms with Gasteiger partial charge in [0.25, 0.3) is 0 Å². The molecule has 1 amide bonds. The molecular weight excluding hydrogens is 384 g/mol. The number of fused-ring (bicyclic) bond motifs is 1. The van der Waals surface area contributed by atoms with Gasteiger partial charge in [0.1, 0.15) is 5.52 Å². The molecule has 29 heavy (non-hydrogen) atoms. The first-order valence-electron chi connectivity index (χ1n) is 9.21. The van der Waals surface area contributed by atoms with E-state index in [-0.39, 0.29) is 5.91 Å². The molecule has 5 heteroatoms. The first-order chi connectivity index (χ1) is 14.0. The molecule has 1 heterocycles. The number of carbonyl (C=O) groups is 1. The molecule has 0 spiro atoms. The lowest BCUT2D eigenvalue weighted by Crippen LogP contribution is -2.09. The van der Waals surface area contributed by atoms with Crippen LogP contribution in [0.4, 0.5) is 5.69 Å². The average molecular weight is 403 g/mol. The Labute approximate surface area is 173 Å². The number of rotatable bonds is 4. The van der Waals surface area contributed by atoms with Crippen LogP contribution in [0.5, 0.6) is 0 Å². The topological polar surface area (TPSA) is 55.1 Å². The normalized spacial score (nSPS) is 11.3. The Balaban J connectivity index is 1.56. The summed E-state index contributed by atoms with van der Waals surface area (Å²) in [5.41, 5.74) is 6.06. The number of hydrogen-bond donors (Lipinski definition) is 1. The number of benzene rings is 3. The lowest BCUT2D eigenvalue weighted by Gasteiger charge is -2.08. The summed E-state index contributed by atoms with van der Waals surface area (Å²) in [6.45, 7) is 3.96. The fraction of sp³-hybridized carbons (Fsp3) is 0.0833. The molecule has 3 aromatic carbocycles. The van der Waals surface area contributed by atoms with E-state index < -0.39 is 0 Å². The molecule has 144 valence electrons. The molecule has 0 aliphatic heterocycles. The number of nitrogens with one attached hydrogen (secondary N) is 1. The number of aromatic nitrogens is 1. The van der Waals surface area contributed by atoms with Crippen molar-refractivity contribution in [2.75, 3.05) is 5.32 Å². The van der Waals surface area contributed by atoms with Crippen LogP contribution >= 0.6 is 11.6 Å². The molecule has 4 aromatic rings. The predicted octanol–water partition coefficient (Wildman–Crippen LogP) is 6.42. The molecule has 1 N–H and O–H groups in total. The van der Waals surface area contributed by atoms with Crippen molar-refractivity contribution in [2.24, 2.45) is 0 Å². The maximum Gasteiger partial charge on any atom is 0.248 e. The summed E-state index contributed by atoms with van der Waals surface area (Å²) in [6.07, 6.45) is 3.24. The van der Waals surface area contributed by atoms with Crippen molar-refractivity contribution >= 4 is 40.4 Å². The van der Waals surface area contributed by atoms with Crippen molar-refractivity contribution in [2.45, 2.75) is 13.8 Å². The van der Waals surface area contributed by atoms with E-state index in [1.807, 2.05) is 62.4 Å². The second-order valence-electron chi connectivity index (χ2n) is 6.89. The molecule has 0 radical (unpaired) electrons. The number of amides is 1. The molecule has 0 bridgehead atoms. The van der Waals surface area contributed by atoms with Crippen LogP contribution in [0.15, 0.2) is 71.2 Å². The van der Waals surface area contributed by atoms with Gasteiger partial charge in [0.05, 0.1) is 0 Å². The Morgan fingerprint density at radius 3 is 2.62 bits per heavy atom. The van der Waals surface area contributed by atoms with E-state index in [4.69, 9.17) is 16.0 Å². The number of halogens is 1. The molecule has 4 rings (SSSR count). The molecule has 0 atom stereocenters. The van der Waals surface area contributed by atoms with Crippen LogP contribution in [0.1, 0.15) is 16.7 Å². The summed E-state index contributed by atoms with van der Waals surface area (Å²) >= 11 is 5.88. The maximum absolute atomic E-state index is 12.4. The minimum atomic E-state index is -0.214. The zero-order chi connectivity index (χ0) is 20.4. The number of hydrogen-bond acceptors (Lipinski definition) is 3. The molecule has 0 aliphatic rings. The fourth-order valence-corrected chi connectivity index (χ4v) is 3.10. The highest BCUT2D eigenvalue weighted by molar-refractivity contribution is 6.30. The summed E-state index contributed by atoms with van der Waals surface area (Å²) in [5, 5.41) is 3.58. The van der Waals surface area contributed by atoms with E-state index >= 15 is 0 Å². The average Bonchev–Trinajstić information content (AvgIpc) is 3.12. The van der Waals surface area contributed by atoms with E-state index in [2.05, 4.69) is 10.3 Å². The lowest BCUT2D eigenvalue weighted by molar-refractivity contribution is -0.111. The maximum atomic E-state index is 12.4. The quantitative estimate of drug-likeness (QED) is 0.401. The summed E-state index contributed by atoms with van der Waals surface area (Å²) in [4.78, 5) is 16.9. The van der Waals surface area contributed by atoms with Crippen molar-refractivity contribution in [3.63, 3.8) is 0 Å². The van der Waals surface area contributed by atoms with Crippen LogP contribution in [0.25, 0.3) is 28.6 Å². The highest BCUT2D eigenvalue weighted by Gasteiger charge is 2.11. The highest BCUT2D eigenvalue weighted by Crippen LogP contribution is 2.28. The van der Waals surface area contributed by atoms with Gasteiger partial charge in [0, 0.05) is 22.3 Å². The Morgan fingerprint density at radius 1 is 1.03 bits per heavy atom. The van der Waals surface area contributed by atoms with Gasteiger partial charge >= 0.3 is 0 Å².